The van der Waals surface area contributed by atoms with Gasteiger partial charge in [0.2, 0.25) is 5.91 Å². The van der Waals surface area contributed by atoms with Crippen molar-refractivity contribution in [1.82, 2.24) is 5.32 Å². The molecule has 3 heteroatoms. The van der Waals surface area contributed by atoms with Gasteiger partial charge >= 0.3 is 0 Å². The van der Waals surface area contributed by atoms with Crippen molar-refractivity contribution in [3.05, 3.63) is 42.3 Å². The molecule has 1 amide bonds. The summed E-state index contributed by atoms with van der Waals surface area (Å²) in [6.45, 7) is 3.92. The third-order valence-corrected chi connectivity index (χ3v) is 2.13. The maximum absolute atomic E-state index is 11.5. The zero-order valence-corrected chi connectivity index (χ0v) is 9.73. The zero-order valence-electron chi connectivity index (χ0n) is 9.73. The summed E-state index contributed by atoms with van der Waals surface area (Å²) in [7, 11) is 0. The first-order valence-electron chi connectivity index (χ1n) is 5.37. The molecule has 0 heterocycles. The summed E-state index contributed by atoms with van der Waals surface area (Å²) in [5.74, 6) is -0.129. The molecule has 0 saturated carbocycles. The molecule has 0 aromatic heterocycles. The van der Waals surface area contributed by atoms with E-state index in [1.165, 1.54) is 0 Å². The molecular weight excluding hydrogens is 202 g/mol. The monoisotopic (exact) mass is 220 g/mol. The first-order chi connectivity index (χ1) is 7.47. The fourth-order valence-corrected chi connectivity index (χ4v) is 1.24. The molecule has 87 valence electrons. The van der Waals surface area contributed by atoms with Crippen molar-refractivity contribution in [3.8, 4) is 0 Å². The van der Waals surface area contributed by atoms with Crippen molar-refractivity contribution < 1.29 is 9.90 Å². The Morgan fingerprint density at radius 3 is 2.56 bits per heavy atom. The van der Waals surface area contributed by atoms with Crippen LogP contribution in [0.5, 0.6) is 0 Å². The smallest absolute Gasteiger partial charge is 0.228 e. The second-order valence-corrected chi connectivity index (χ2v) is 4.41. The first-order valence-corrected chi connectivity index (χ1v) is 5.37. The zero-order chi connectivity index (χ0) is 12.0. The Morgan fingerprint density at radius 1 is 1.38 bits per heavy atom. The van der Waals surface area contributed by atoms with Gasteiger partial charge in [0.25, 0.3) is 0 Å². The summed E-state index contributed by atoms with van der Waals surface area (Å²) >= 11 is 0. The molecule has 16 heavy (non-hydrogen) atoms. The molecule has 0 aliphatic heterocycles. The van der Waals surface area contributed by atoms with E-state index in [9.17, 15) is 9.90 Å². The Hall–Kier alpha value is -1.35. The molecule has 0 spiro atoms. The van der Waals surface area contributed by atoms with Crippen LogP contribution in [0.2, 0.25) is 0 Å². The minimum absolute atomic E-state index is 0.129. The molecule has 0 aliphatic rings. The van der Waals surface area contributed by atoms with Gasteiger partial charge in [-0.1, -0.05) is 30.3 Å². The van der Waals surface area contributed by atoms with Gasteiger partial charge in [0, 0.05) is 6.54 Å². The van der Waals surface area contributed by atoms with Gasteiger partial charge in [-0.2, -0.15) is 0 Å². The Balaban J connectivity index is 2.27. The lowest BCUT2D eigenvalue weighted by Crippen LogP contribution is -2.30. The van der Waals surface area contributed by atoms with Crippen LogP contribution in [0.15, 0.2) is 30.3 Å². The van der Waals surface area contributed by atoms with E-state index in [4.69, 9.17) is 0 Å². The number of nitrogens with one attached hydrogen (secondary N) is 1. The van der Waals surface area contributed by atoms with E-state index in [0.717, 1.165) is 5.56 Å². The minimum Gasteiger partial charge on any atom is -0.390 e. The normalized spacial score (nSPS) is 11.2. The van der Waals surface area contributed by atoms with E-state index in [1.54, 1.807) is 20.3 Å². The van der Waals surface area contributed by atoms with Gasteiger partial charge < -0.3 is 10.4 Å². The molecule has 2 N–H and O–H groups in total. The number of carbonyl (C=O) groups is 1. The van der Waals surface area contributed by atoms with Gasteiger partial charge in [-0.25, -0.2) is 0 Å². The van der Waals surface area contributed by atoms with Crippen LogP contribution >= 0.6 is 0 Å². The number of aliphatic hydroxyl groups is 1. The number of hydrogen-bond donors (Lipinski definition) is 2. The standard InChI is InChI=1S/C13H18NO2/c1-13(2,16)8-9-14-12(15)10-11-6-4-3-5-7-11/h3-7,10,16H,8-9H2,1-2H3,(H,14,15). The molecule has 0 fully saturated rings. The van der Waals surface area contributed by atoms with E-state index < -0.39 is 5.60 Å². The third-order valence-electron chi connectivity index (χ3n) is 2.13. The second kappa shape index (κ2) is 5.66. The van der Waals surface area contributed by atoms with Crippen LogP contribution in [0.3, 0.4) is 0 Å². The van der Waals surface area contributed by atoms with Gasteiger partial charge in [-0.05, 0) is 25.8 Å². The summed E-state index contributed by atoms with van der Waals surface area (Å²) in [5, 5.41) is 12.2. The number of rotatable bonds is 5. The van der Waals surface area contributed by atoms with Crippen LogP contribution in [-0.2, 0) is 4.79 Å². The average molecular weight is 220 g/mol. The largest absolute Gasteiger partial charge is 0.390 e. The van der Waals surface area contributed by atoms with Crippen LogP contribution in [0.4, 0.5) is 0 Å². The van der Waals surface area contributed by atoms with E-state index in [1.807, 2.05) is 30.3 Å². The Bertz CT molecular complexity index is 328. The summed E-state index contributed by atoms with van der Waals surface area (Å²) < 4.78 is 0. The molecule has 0 atom stereocenters. The molecule has 1 aromatic carbocycles. The lowest BCUT2D eigenvalue weighted by Gasteiger charge is -2.16. The van der Waals surface area contributed by atoms with Crippen molar-refractivity contribution >= 4 is 5.91 Å². The fourth-order valence-electron chi connectivity index (χ4n) is 1.24. The third kappa shape index (κ3) is 5.51. The summed E-state index contributed by atoms with van der Waals surface area (Å²) in [6, 6.07) is 9.42. The highest BCUT2D eigenvalue weighted by Crippen LogP contribution is 2.05. The fraction of sp³-hybridized carbons (Fsp3) is 0.385. The van der Waals surface area contributed by atoms with Crippen molar-refractivity contribution in [3.63, 3.8) is 0 Å². The molecule has 1 rings (SSSR count). The number of carbonyl (C=O) groups excluding carboxylic acids is 1. The molecule has 1 aromatic rings. The predicted octanol–water partition coefficient (Wildman–Crippen LogP) is 1.52. The molecule has 0 aliphatic carbocycles. The van der Waals surface area contributed by atoms with Crippen LogP contribution in [0.25, 0.3) is 0 Å². The van der Waals surface area contributed by atoms with Gasteiger partial charge in [0.1, 0.15) is 0 Å². The lowest BCUT2D eigenvalue weighted by atomic mass is 10.1. The number of hydrogen-bond acceptors (Lipinski definition) is 2. The number of benzene rings is 1. The maximum Gasteiger partial charge on any atom is 0.228 e. The van der Waals surface area contributed by atoms with Gasteiger partial charge in [-0.3, -0.25) is 4.79 Å². The first kappa shape index (κ1) is 12.7. The summed E-state index contributed by atoms with van der Waals surface area (Å²) in [4.78, 5) is 11.5. The van der Waals surface area contributed by atoms with Crippen LogP contribution in [-0.4, -0.2) is 23.2 Å². The Morgan fingerprint density at radius 2 is 2.00 bits per heavy atom. The van der Waals surface area contributed by atoms with E-state index >= 15 is 0 Å². The summed E-state index contributed by atoms with van der Waals surface area (Å²) in [5.41, 5.74) is 0.142. The lowest BCUT2D eigenvalue weighted by molar-refractivity contribution is -0.117. The number of amides is 1. The van der Waals surface area contributed by atoms with Gasteiger partial charge in [0.15, 0.2) is 0 Å². The molecule has 3 nitrogen and oxygen atoms in total. The molecule has 0 bridgehead atoms. The quantitative estimate of drug-likeness (QED) is 0.790. The van der Waals surface area contributed by atoms with Crippen LogP contribution in [0, 0.1) is 6.42 Å². The van der Waals surface area contributed by atoms with E-state index in [2.05, 4.69) is 5.32 Å². The van der Waals surface area contributed by atoms with Gasteiger partial charge in [-0.15, -0.1) is 0 Å². The minimum atomic E-state index is -0.736. The summed E-state index contributed by atoms with van der Waals surface area (Å²) in [6.07, 6.45) is 2.09. The predicted molar refractivity (Wildman–Crippen MR) is 63.8 cm³/mol. The molecule has 1 radical (unpaired) electrons. The van der Waals surface area contributed by atoms with E-state index in [0.29, 0.717) is 13.0 Å². The highest BCUT2D eigenvalue weighted by molar-refractivity contribution is 5.88. The highest BCUT2D eigenvalue weighted by Gasteiger charge is 2.12. The average Bonchev–Trinajstić information content (AvgIpc) is 2.17. The van der Waals surface area contributed by atoms with Crippen molar-refractivity contribution in [2.24, 2.45) is 0 Å². The van der Waals surface area contributed by atoms with Crippen LogP contribution in [0.1, 0.15) is 25.8 Å². The van der Waals surface area contributed by atoms with Crippen molar-refractivity contribution in [1.29, 1.82) is 0 Å². The SMILES string of the molecule is CC(C)(O)CCNC(=O)[CH]c1ccccc1. The second-order valence-electron chi connectivity index (χ2n) is 4.41. The highest BCUT2D eigenvalue weighted by atomic mass is 16.3. The molecular formula is C13H18NO2. The maximum atomic E-state index is 11.5. The topological polar surface area (TPSA) is 49.3 Å². The van der Waals surface area contributed by atoms with Crippen LogP contribution < -0.4 is 5.32 Å². The Kier molecular flexibility index (Phi) is 4.50. The van der Waals surface area contributed by atoms with Crippen molar-refractivity contribution in [2.45, 2.75) is 25.9 Å². The molecule has 0 saturated heterocycles. The van der Waals surface area contributed by atoms with Crippen molar-refractivity contribution in [2.75, 3.05) is 6.54 Å². The van der Waals surface area contributed by atoms with E-state index in [-0.39, 0.29) is 5.91 Å². The Labute approximate surface area is 96.5 Å². The molecule has 0 unspecified atom stereocenters. The van der Waals surface area contributed by atoms with Gasteiger partial charge in [0.05, 0.1) is 12.0 Å².